The summed E-state index contributed by atoms with van der Waals surface area (Å²) in [6.07, 6.45) is 6.58. The number of alkyl carbamates (subject to hydrolysis) is 1. The molecule has 0 aromatic heterocycles. The first-order valence-corrected chi connectivity index (χ1v) is 10.1. The van der Waals surface area contributed by atoms with Crippen molar-refractivity contribution in [1.29, 1.82) is 0 Å². The van der Waals surface area contributed by atoms with Gasteiger partial charge in [-0.15, -0.1) is 0 Å². The maximum absolute atomic E-state index is 12.2. The summed E-state index contributed by atoms with van der Waals surface area (Å²) in [5, 5.41) is 3.04. The van der Waals surface area contributed by atoms with Crippen molar-refractivity contribution in [3.8, 4) is 11.5 Å². The molecule has 1 aromatic rings. The largest absolute Gasteiger partial charge is 0.493 e. The zero-order chi connectivity index (χ0) is 18.8. The van der Waals surface area contributed by atoms with Crippen LogP contribution < -0.4 is 14.8 Å². The first-order valence-electron chi connectivity index (χ1n) is 10.1. The van der Waals surface area contributed by atoms with Crippen molar-refractivity contribution in [3.05, 3.63) is 23.3 Å². The Morgan fingerprint density at radius 1 is 1.15 bits per heavy atom. The Morgan fingerprint density at radius 2 is 1.89 bits per heavy atom. The first kappa shape index (κ1) is 18.4. The number of methoxy groups -OCH3 is 2. The van der Waals surface area contributed by atoms with Crippen LogP contribution in [0.5, 0.6) is 11.5 Å². The van der Waals surface area contributed by atoms with Gasteiger partial charge in [-0.2, -0.15) is 0 Å². The minimum absolute atomic E-state index is 0.260. The van der Waals surface area contributed by atoms with Gasteiger partial charge in [0, 0.05) is 31.1 Å². The van der Waals surface area contributed by atoms with Crippen LogP contribution in [-0.2, 0) is 11.2 Å². The zero-order valence-corrected chi connectivity index (χ0v) is 16.3. The molecule has 0 bridgehead atoms. The lowest BCUT2D eigenvalue weighted by molar-refractivity contribution is -0.0297. The maximum Gasteiger partial charge on any atom is 0.407 e. The fourth-order valence-corrected chi connectivity index (χ4v) is 4.83. The monoisotopic (exact) mass is 374 g/mol. The molecule has 0 radical (unpaired) electrons. The van der Waals surface area contributed by atoms with E-state index in [1.165, 1.54) is 30.4 Å². The van der Waals surface area contributed by atoms with Crippen LogP contribution in [0.25, 0.3) is 0 Å². The number of rotatable bonds is 5. The molecule has 1 amide bonds. The Kier molecular flexibility index (Phi) is 5.43. The van der Waals surface area contributed by atoms with Crippen LogP contribution >= 0.6 is 0 Å². The second kappa shape index (κ2) is 7.97. The lowest BCUT2D eigenvalue weighted by Gasteiger charge is -2.51. The lowest BCUT2D eigenvalue weighted by atomic mass is 9.78. The van der Waals surface area contributed by atoms with Gasteiger partial charge in [0.1, 0.15) is 0 Å². The number of carbonyl (C=O) groups is 1. The highest BCUT2D eigenvalue weighted by Crippen LogP contribution is 2.46. The van der Waals surface area contributed by atoms with Gasteiger partial charge in [-0.3, -0.25) is 4.90 Å². The quantitative estimate of drug-likeness (QED) is 0.857. The number of nitrogens with one attached hydrogen (secondary N) is 1. The van der Waals surface area contributed by atoms with E-state index in [1.807, 2.05) is 0 Å². The summed E-state index contributed by atoms with van der Waals surface area (Å²) in [5.74, 6) is 1.88. The number of nitrogens with zero attached hydrogens (tertiary/aromatic N) is 1. The standard InChI is InChI=1S/C21H30N2O4/c1-25-18-10-14-8-9-23-12-15(20(23)17(14)11-19(18)26-2)13-27-21(24)22-16-6-4-3-5-7-16/h10-11,15-16,20H,3-9,12-13H2,1-2H3,(H,22,24)/t15-,20-/m1/s1. The molecule has 148 valence electrons. The first-order chi connectivity index (χ1) is 13.2. The summed E-state index contributed by atoms with van der Waals surface area (Å²) in [6, 6.07) is 4.78. The van der Waals surface area contributed by atoms with Gasteiger partial charge in [-0.1, -0.05) is 19.3 Å². The predicted octanol–water partition coefficient (Wildman–Crippen LogP) is 3.29. The van der Waals surface area contributed by atoms with Crippen LogP contribution in [0, 0.1) is 5.92 Å². The van der Waals surface area contributed by atoms with Gasteiger partial charge in [-0.25, -0.2) is 4.79 Å². The van der Waals surface area contributed by atoms with E-state index in [4.69, 9.17) is 14.2 Å². The molecule has 27 heavy (non-hydrogen) atoms. The van der Waals surface area contributed by atoms with Gasteiger partial charge >= 0.3 is 6.09 Å². The van der Waals surface area contributed by atoms with E-state index < -0.39 is 0 Å². The van der Waals surface area contributed by atoms with Gasteiger partial charge in [0.15, 0.2) is 11.5 Å². The van der Waals surface area contributed by atoms with Gasteiger partial charge in [0.2, 0.25) is 0 Å². The van der Waals surface area contributed by atoms with Crippen LogP contribution in [0.2, 0.25) is 0 Å². The summed E-state index contributed by atoms with van der Waals surface area (Å²) in [4.78, 5) is 14.6. The molecular weight excluding hydrogens is 344 g/mol. The molecule has 1 saturated heterocycles. The molecule has 1 N–H and O–H groups in total. The minimum Gasteiger partial charge on any atom is -0.493 e. The molecule has 6 heteroatoms. The van der Waals surface area contributed by atoms with E-state index in [9.17, 15) is 4.79 Å². The number of fused-ring (bicyclic) bond motifs is 3. The van der Waals surface area contributed by atoms with Crippen molar-refractivity contribution in [2.24, 2.45) is 5.92 Å². The van der Waals surface area contributed by atoms with Crippen molar-refractivity contribution in [2.45, 2.75) is 50.6 Å². The molecule has 6 nitrogen and oxygen atoms in total. The zero-order valence-electron chi connectivity index (χ0n) is 16.3. The van der Waals surface area contributed by atoms with Crippen molar-refractivity contribution < 1.29 is 19.0 Å². The summed E-state index contributed by atoms with van der Waals surface area (Å²) in [6.45, 7) is 2.49. The summed E-state index contributed by atoms with van der Waals surface area (Å²) in [7, 11) is 3.34. The summed E-state index contributed by atoms with van der Waals surface area (Å²) < 4.78 is 16.5. The Labute approximate surface area is 161 Å². The molecule has 2 fully saturated rings. The van der Waals surface area contributed by atoms with Gasteiger partial charge in [-0.05, 0) is 42.5 Å². The average molecular weight is 374 g/mol. The Balaban J connectivity index is 1.38. The van der Waals surface area contributed by atoms with E-state index in [0.29, 0.717) is 18.6 Å². The molecule has 1 aliphatic carbocycles. The number of ether oxygens (including phenoxy) is 3. The lowest BCUT2D eigenvalue weighted by Crippen LogP contribution is -2.54. The van der Waals surface area contributed by atoms with Gasteiger partial charge < -0.3 is 19.5 Å². The number of amides is 1. The molecular formula is C21H30N2O4. The van der Waals surface area contributed by atoms with Crippen molar-refractivity contribution in [1.82, 2.24) is 10.2 Å². The Hall–Kier alpha value is -1.95. The maximum atomic E-state index is 12.2. The van der Waals surface area contributed by atoms with Crippen LogP contribution in [0.4, 0.5) is 4.79 Å². The summed E-state index contributed by atoms with van der Waals surface area (Å²) in [5.41, 5.74) is 2.59. The fourth-order valence-electron chi connectivity index (χ4n) is 4.83. The highest BCUT2D eigenvalue weighted by molar-refractivity contribution is 5.67. The molecule has 4 rings (SSSR count). The minimum atomic E-state index is -0.260. The van der Waals surface area contributed by atoms with E-state index in [-0.39, 0.29) is 12.1 Å². The van der Waals surface area contributed by atoms with E-state index in [0.717, 1.165) is 43.9 Å². The third kappa shape index (κ3) is 3.72. The van der Waals surface area contributed by atoms with Crippen LogP contribution in [-0.4, -0.2) is 51.0 Å². The SMILES string of the molecule is COc1cc2c(cc1OC)[C@H]1[C@@H](COC(=O)NC3CCCCC3)CN1CC2. The van der Waals surface area contributed by atoms with E-state index >= 15 is 0 Å². The van der Waals surface area contributed by atoms with E-state index in [1.54, 1.807) is 14.2 Å². The van der Waals surface area contributed by atoms with Crippen LogP contribution in [0.3, 0.4) is 0 Å². The molecule has 0 spiro atoms. The molecule has 0 unspecified atom stereocenters. The van der Waals surface area contributed by atoms with Crippen molar-refractivity contribution >= 4 is 6.09 Å². The second-order valence-corrected chi connectivity index (χ2v) is 7.93. The normalized spacial score (nSPS) is 25.0. The molecule has 1 aromatic carbocycles. The van der Waals surface area contributed by atoms with Gasteiger partial charge in [0.25, 0.3) is 0 Å². The Morgan fingerprint density at radius 3 is 2.63 bits per heavy atom. The highest BCUT2D eigenvalue weighted by Gasteiger charge is 2.44. The molecule has 2 heterocycles. The number of hydrogen-bond acceptors (Lipinski definition) is 5. The number of benzene rings is 1. The van der Waals surface area contributed by atoms with Crippen molar-refractivity contribution in [3.63, 3.8) is 0 Å². The van der Waals surface area contributed by atoms with Crippen molar-refractivity contribution in [2.75, 3.05) is 33.9 Å². The average Bonchev–Trinajstić information content (AvgIpc) is 2.67. The Bertz CT molecular complexity index is 687. The fraction of sp³-hybridized carbons (Fsp3) is 0.667. The number of hydrogen-bond donors (Lipinski definition) is 1. The van der Waals surface area contributed by atoms with E-state index in [2.05, 4.69) is 22.3 Å². The topological polar surface area (TPSA) is 60.0 Å². The molecule has 1 saturated carbocycles. The molecule has 2 atom stereocenters. The summed E-state index contributed by atoms with van der Waals surface area (Å²) >= 11 is 0. The predicted molar refractivity (Wildman–Crippen MR) is 102 cm³/mol. The third-order valence-corrected chi connectivity index (χ3v) is 6.30. The molecule has 2 aliphatic heterocycles. The highest BCUT2D eigenvalue weighted by atomic mass is 16.5. The smallest absolute Gasteiger partial charge is 0.407 e. The van der Waals surface area contributed by atoms with Crippen LogP contribution in [0.15, 0.2) is 12.1 Å². The second-order valence-electron chi connectivity index (χ2n) is 7.93. The van der Waals surface area contributed by atoms with Crippen LogP contribution in [0.1, 0.15) is 49.3 Å². The third-order valence-electron chi connectivity index (χ3n) is 6.30. The molecule has 3 aliphatic rings. The van der Waals surface area contributed by atoms with Gasteiger partial charge in [0.05, 0.1) is 20.8 Å². The number of carbonyl (C=O) groups excluding carboxylic acids is 1.